The van der Waals surface area contributed by atoms with Crippen molar-refractivity contribution in [3.63, 3.8) is 0 Å². The minimum absolute atomic E-state index is 0.208. The van der Waals surface area contributed by atoms with Crippen LogP contribution in [0.2, 0.25) is 0 Å². The number of piperidine rings is 1. The molecule has 0 aliphatic carbocycles. The molecule has 3 N–H and O–H groups in total. The van der Waals surface area contributed by atoms with Gasteiger partial charge in [0.25, 0.3) is 0 Å². The Hall–Kier alpha value is -0.490. The summed E-state index contributed by atoms with van der Waals surface area (Å²) < 4.78 is 0. The van der Waals surface area contributed by atoms with Gasteiger partial charge in [0.15, 0.2) is 0 Å². The summed E-state index contributed by atoms with van der Waals surface area (Å²) in [6, 6.07) is 0.419. The zero-order valence-corrected chi connectivity index (χ0v) is 17.6. The van der Waals surface area contributed by atoms with Gasteiger partial charge in [0.05, 0.1) is 0 Å². The summed E-state index contributed by atoms with van der Waals surface area (Å²) in [6.45, 7) is 15.8. The molecule has 2 atom stereocenters. The summed E-state index contributed by atoms with van der Waals surface area (Å²) in [5.74, 6) is 1.04. The van der Waals surface area contributed by atoms with Gasteiger partial charge >= 0.3 is 0 Å². The smallest absolute Gasteiger partial charge is 0.0425 e. The van der Waals surface area contributed by atoms with Crippen molar-refractivity contribution in [1.82, 2.24) is 15.7 Å². The van der Waals surface area contributed by atoms with Crippen LogP contribution in [0.15, 0.2) is 4.99 Å². The highest BCUT2D eigenvalue weighted by molar-refractivity contribution is 5.61. The first-order valence-electron chi connectivity index (χ1n) is 10.0. The van der Waals surface area contributed by atoms with E-state index in [2.05, 4.69) is 63.4 Å². The highest BCUT2D eigenvalue weighted by atomic mass is 16.5. The molecule has 1 heterocycles. The van der Waals surface area contributed by atoms with Gasteiger partial charge in [0.2, 0.25) is 0 Å². The largest absolute Gasteiger partial charge is 0.319 e. The maximum atomic E-state index is 10.5. The third kappa shape index (κ3) is 6.63. The van der Waals surface area contributed by atoms with Gasteiger partial charge in [-0.05, 0) is 66.5 Å². The van der Waals surface area contributed by atoms with Gasteiger partial charge in [0.1, 0.15) is 0 Å². The van der Waals surface area contributed by atoms with E-state index in [0.717, 1.165) is 45.3 Å². The zero-order chi connectivity index (χ0) is 19.1. The summed E-state index contributed by atoms with van der Waals surface area (Å²) in [5, 5.41) is 19.2. The van der Waals surface area contributed by atoms with Crippen molar-refractivity contribution < 1.29 is 5.21 Å². The number of nitrogens with zero attached hydrogens (tertiary/aromatic N) is 2. The van der Waals surface area contributed by atoms with E-state index in [9.17, 15) is 5.21 Å². The molecular formula is C20H42N4O. The summed E-state index contributed by atoms with van der Waals surface area (Å²) in [5.41, 5.74) is -0.416. The first kappa shape index (κ1) is 22.6. The van der Waals surface area contributed by atoms with Crippen molar-refractivity contribution in [3.05, 3.63) is 0 Å². The van der Waals surface area contributed by atoms with Gasteiger partial charge in [-0.1, -0.05) is 20.3 Å². The minimum atomic E-state index is -0.208. The molecule has 1 rings (SSSR count). The topological polar surface area (TPSA) is 59.9 Å². The molecule has 1 aliphatic rings. The maximum absolute atomic E-state index is 10.5. The van der Waals surface area contributed by atoms with Crippen molar-refractivity contribution in [3.8, 4) is 0 Å². The molecule has 0 spiro atoms. The summed E-state index contributed by atoms with van der Waals surface area (Å²) >= 11 is 0. The lowest BCUT2D eigenvalue weighted by atomic mass is 9.78. The molecular weight excluding hydrogens is 312 g/mol. The molecule has 0 aromatic heterocycles. The van der Waals surface area contributed by atoms with E-state index in [1.807, 2.05) is 7.05 Å². The average Bonchev–Trinajstić information content (AvgIpc) is 2.53. The van der Waals surface area contributed by atoms with Crippen molar-refractivity contribution in [2.75, 3.05) is 26.7 Å². The first-order chi connectivity index (χ1) is 11.7. The van der Waals surface area contributed by atoms with Crippen molar-refractivity contribution in [2.45, 2.75) is 84.3 Å². The molecule has 0 aromatic rings. The lowest BCUT2D eigenvalue weighted by Gasteiger charge is -2.51. The zero-order valence-electron chi connectivity index (χ0n) is 17.6. The third-order valence-electron chi connectivity index (χ3n) is 5.53. The van der Waals surface area contributed by atoms with Crippen LogP contribution in [0, 0.1) is 11.8 Å². The minimum Gasteiger partial charge on any atom is -0.319 e. The second-order valence-electron chi connectivity index (χ2n) is 8.90. The van der Waals surface area contributed by atoms with E-state index in [4.69, 9.17) is 0 Å². The molecule has 148 valence electrons. The van der Waals surface area contributed by atoms with Gasteiger partial charge in [-0.25, -0.2) is 0 Å². The standard InChI is InChI=1S/C20H42N4O/c1-8-10-22-14-17(16(9-2)13-21-7)15-23-18-11-19(3,4)24(25)20(5,6)12-18/h14,16-18,21,23,25H,8-13,15H2,1-7H3. The summed E-state index contributed by atoms with van der Waals surface area (Å²) in [6.07, 6.45) is 6.33. The van der Waals surface area contributed by atoms with Crippen LogP contribution in [0.4, 0.5) is 0 Å². The Balaban J connectivity index is 2.74. The van der Waals surface area contributed by atoms with Crippen molar-refractivity contribution >= 4 is 6.21 Å². The SMILES string of the molecule is CCCN=CC(CNC1CC(C)(C)N(O)C(C)(C)C1)C(CC)CNC. The Labute approximate surface area is 155 Å². The fourth-order valence-corrected chi connectivity index (χ4v) is 4.26. The van der Waals surface area contributed by atoms with E-state index in [-0.39, 0.29) is 11.1 Å². The monoisotopic (exact) mass is 354 g/mol. The van der Waals surface area contributed by atoms with Crippen LogP contribution in [-0.4, -0.2) is 60.3 Å². The Morgan fingerprint density at radius 3 is 2.24 bits per heavy atom. The van der Waals surface area contributed by atoms with Crippen molar-refractivity contribution in [1.29, 1.82) is 0 Å². The van der Waals surface area contributed by atoms with Gasteiger partial charge < -0.3 is 15.8 Å². The molecule has 0 aromatic carbocycles. The molecule has 1 fully saturated rings. The van der Waals surface area contributed by atoms with Gasteiger partial charge in [0, 0.05) is 42.3 Å². The molecule has 25 heavy (non-hydrogen) atoms. The molecule has 0 saturated carbocycles. The molecule has 5 nitrogen and oxygen atoms in total. The highest BCUT2D eigenvalue weighted by Crippen LogP contribution is 2.36. The normalized spacial score (nSPS) is 23.8. The van der Waals surface area contributed by atoms with E-state index in [0.29, 0.717) is 17.9 Å². The number of nitrogens with one attached hydrogen (secondary N) is 2. The molecule has 1 saturated heterocycles. The van der Waals surface area contributed by atoms with Crippen LogP contribution in [0.3, 0.4) is 0 Å². The molecule has 0 bridgehead atoms. The lowest BCUT2D eigenvalue weighted by Crippen LogP contribution is -2.62. The molecule has 0 amide bonds. The second kappa shape index (κ2) is 10.0. The number of hydroxylamine groups is 2. The molecule has 0 radical (unpaired) electrons. The highest BCUT2D eigenvalue weighted by Gasteiger charge is 2.44. The fraction of sp³-hybridized carbons (Fsp3) is 0.950. The summed E-state index contributed by atoms with van der Waals surface area (Å²) in [7, 11) is 2.03. The Morgan fingerprint density at radius 2 is 1.76 bits per heavy atom. The number of aliphatic imine (C=N–C) groups is 1. The number of hydrogen-bond donors (Lipinski definition) is 3. The number of hydrogen-bond acceptors (Lipinski definition) is 5. The first-order valence-corrected chi connectivity index (χ1v) is 10.0. The van der Waals surface area contributed by atoms with Crippen molar-refractivity contribution in [2.24, 2.45) is 16.8 Å². The van der Waals surface area contributed by atoms with Crippen LogP contribution >= 0.6 is 0 Å². The van der Waals surface area contributed by atoms with Gasteiger partial charge in [-0.15, -0.1) is 0 Å². The number of rotatable bonds is 10. The molecule has 2 unspecified atom stereocenters. The predicted octanol–water partition coefficient (Wildman–Crippen LogP) is 3.33. The Bertz CT molecular complexity index is 391. The third-order valence-corrected chi connectivity index (χ3v) is 5.53. The van der Waals surface area contributed by atoms with Gasteiger partial charge in [-0.2, -0.15) is 5.06 Å². The second-order valence-corrected chi connectivity index (χ2v) is 8.90. The quantitative estimate of drug-likeness (QED) is 0.527. The predicted molar refractivity (Wildman–Crippen MR) is 108 cm³/mol. The Kier molecular flexibility index (Phi) is 9.02. The maximum Gasteiger partial charge on any atom is 0.0425 e. The van der Waals surface area contributed by atoms with Crippen LogP contribution < -0.4 is 10.6 Å². The van der Waals surface area contributed by atoms with Crippen LogP contribution in [0.25, 0.3) is 0 Å². The van der Waals surface area contributed by atoms with E-state index >= 15 is 0 Å². The summed E-state index contributed by atoms with van der Waals surface area (Å²) in [4.78, 5) is 4.63. The molecule has 1 aliphatic heterocycles. The van der Waals surface area contributed by atoms with E-state index in [1.54, 1.807) is 5.06 Å². The average molecular weight is 355 g/mol. The Morgan fingerprint density at radius 1 is 1.16 bits per heavy atom. The van der Waals surface area contributed by atoms with Crippen LogP contribution in [0.5, 0.6) is 0 Å². The fourth-order valence-electron chi connectivity index (χ4n) is 4.26. The lowest BCUT2D eigenvalue weighted by molar-refractivity contribution is -0.246. The van der Waals surface area contributed by atoms with Crippen LogP contribution in [-0.2, 0) is 0 Å². The van der Waals surface area contributed by atoms with E-state index < -0.39 is 0 Å². The van der Waals surface area contributed by atoms with Crippen LogP contribution in [0.1, 0.15) is 67.2 Å². The molecule has 5 heteroatoms. The van der Waals surface area contributed by atoms with E-state index in [1.165, 1.54) is 0 Å². The van der Waals surface area contributed by atoms with Gasteiger partial charge in [-0.3, -0.25) is 4.99 Å².